The van der Waals surface area contributed by atoms with Gasteiger partial charge in [-0.1, -0.05) is 53.6 Å². The van der Waals surface area contributed by atoms with Crippen LogP contribution in [0.2, 0.25) is 5.02 Å². The molecule has 5 nitrogen and oxygen atoms in total. The molecule has 0 fully saturated rings. The van der Waals surface area contributed by atoms with Crippen molar-refractivity contribution in [2.45, 2.75) is 39.1 Å². The second kappa shape index (κ2) is 9.86. The van der Waals surface area contributed by atoms with Crippen molar-refractivity contribution < 1.29 is 13.2 Å². The molecule has 0 aliphatic carbocycles. The van der Waals surface area contributed by atoms with Gasteiger partial charge >= 0.3 is 0 Å². The number of hydrogen-bond donors (Lipinski definition) is 1. The molecule has 0 spiro atoms. The number of amides is 1. The van der Waals surface area contributed by atoms with Gasteiger partial charge in [0.15, 0.2) is 0 Å². The summed E-state index contributed by atoms with van der Waals surface area (Å²) < 4.78 is 28.7. The van der Waals surface area contributed by atoms with Crippen LogP contribution in [0.4, 0.5) is 5.69 Å². The lowest BCUT2D eigenvalue weighted by atomic mass is 10.1. The minimum Gasteiger partial charge on any atom is -0.325 e. The van der Waals surface area contributed by atoms with Crippen LogP contribution in [-0.2, 0) is 21.4 Å². The molecule has 0 radical (unpaired) electrons. The molecule has 1 amide bonds. The quantitative estimate of drug-likeness (QED) is 0.502. The summed E-state index contributed by atoms with van der Waals surface area (Å²) in [4.78, 5) is 13.1. The molecule has 0 aliphatic heterocycles. The number of halogens is 1. The molecule has 3 aromatic rings. The van der Waals surface area contributed by atoms with Crippen molar-refractivity contribution in [3.05, 3.63) is 93.5 Å². The molecule has 0 heterocycles. The summed E-state index contributed by atoms with van der Waals surface area (Å²) in [5.41, 5.74) is 4.66. The Balaban J connectivity index is 1.96. The fourth-order valence-electron chi connectivity index (χ4n) is 3.81. The van der Waals surface area contributed by atoms with Crippen LogP contribution in [0, 0.1) is 27.7 Å². The summed E-state index contributed by atoms with van der Waals surface area (Å²) in [5.74, 6) is -0.407. The van der Waals surface area contributed by atoms with Gasteiger partial charge in [0, 0.05) is 17.3 Å². The molecule has 0 aliphatic rings. The van der Waals surface area contributed by atoms with Crippen LogP contribution in [0.15, 0.2) is 65.6 Å². The van der Waals surface area contributed by atoms with Gasteiger partial charge in [-0.15, -0.1) is 0 Å². The molecular weight excluding hydrogens is 444 g/mol. The molecule has 0 unspecified atom stereocenters. The van der Waals surface area contributed by atoms with E-state index in [1.165, 1.54) is 4.31 Å². The van der Waals surface area contributed by atoms with Gasteiger partial charge in [-0.25, -0.2) is 8.42 Å². The average Bonchev–Trinajstić information content (AvgIpc) is 2.68. The number of benzene rings is 3. The highest BCUT2D eigenvalue weighted by molar-refractivity contribution is 7.89. The molecule has 0 aromatic heterocycles. The largest absolute Gasteiger partial charge is 0.325 e. The van der Waals surface area contributed by atoms with Crippen molar-refractivity contribution >= 4 is 33.2 Å². The minimum absolute atomic E-state index is 0.0491. The molecule has 0 bridgehead atoms. The number of carbonyl (C=O) groups is 1. The fraction of sp³-hybridized carbons (Fsp3) is 0.240. The van der Waals surface area contributed by atoms with Gasteiger partial charge < -0.3 is 5.32 Å². The number of nitrogens with one attached hydrogen (secondary N) is 1. The molecule has 3 aromatic carbocycles. The summed E-state index contributed by atoms with van der Waals surface area (Å²) >= 11 is 5.98. The maximum Gasteiger partial charge on any atom is 0.244 e. The average molecular weight is 471 g/mol. The lowest BCUT2D eigenvalue weighted by Crippen LogP contribution is -2.38. The number of hydrogen-bond acceptors (Lipinski definition) is 3. The maximum absolute atomic E-state index is 13.7. The molecule has 3 rings (SSSR count). The molecule has 0 atom stereocenters. The Bertz CT molecular complexity index is 1220. The summed E-state index contributed by atoms with van der Waals surface area (Å²) in [6.07, 6.45) is 0. The molecule has 0 saturated carbocycles. The summed E-state index contributed by atoms with van der Waals surface area (Å²) in [5, 5.41) is 3.36. The smallest absolute Gasteiger partial charge is 0.244 e. The zero-order chi connectivity index (χ0) is 23.5. The number of aryl methyl sites for hydroxylation is 4. The zero-order valence-corrected chi connectivity index (χ0v) is 20.2. The predicted octanol–water partition coefficient (Wildman–Crippen LogP) is 5.40. The Hall–Kier alpha value is -2.67. The Morgan fingerprint density at radius 2 is 1.53 bits per heavy atom. The summed E-state index contributed by atoms with van der Waals surface area (Å²) in [6.45, 7) is 7.15. The third kappa shape index (κ3) is 5.76. The number of nitrogens with zero attached hydrogens (tertiary/aromatic N) is 1. The minimum atomic E-state index is -3.94. The van der Waals surface area contributed by atoms with Gasteiger partial charge in [0.05, 0.1) is 11.4 Å². The highest BCUT2D eigenvalue weighted by Crippen LogP contribution is 2.27. The molecule has 168 valence electrons. The number of sulfonamides is 1. The third-order valence-electron chi connectivity index (χ3n) is 5.10. The van der Waals surface area contributed by atoms with E-state index in [1.54, 1.807) is 44.2 Å². The number of rotatable bonds is 7. The van der Waals surface area contributed by atoms with Crippen molar-refractivity contribution in [1.82, 2.24) is 4.31 Å². The van der Waals surface area contributed by atoms with Crippen LogP contribution in [0.25, 0.3) is 0 Å². The lowest BCUT2D eigenvalue weighted by Gasteiger charge is -2.24. The summed E-state index contributed by atoms with van der Waals surface area (Å²) in [7, 11) is -3.94. The van der Waals surface area contributed by atoms with Crippen molar-refractivity contribution in [3.63, 3.8) is 0 Å². The van der Waals surface area contributed by atoms with E-state index in [4.69, 9.17) is 11.6 Å². The number of anilines is 1. The van der Waals surface area contributed by atoms with E-state index >= 15 is 0 Å². The van der Waals surface area contributed by atoms with E-state index < -0.39 is 15.9 Å². The Kier molecular flexibility index (Phi) is 7.39. The zero-order valence-electron chi connectivity index (χ0n) is 18.6. The van der Waals surface area contributed by atoms with E-state index in [2.05, 4.69) is 5.32 Å². The van der Waals surface area contributed by atoms with Crippen LogP contribution < -0.4 is 5.32 Å². The van der Waals surface area contributed by atoms with Crippen LogP contribution >= 0.6 is 11.6 Å². The Morgan fingerprint density at radius 3 is 2.12 bits per heavy atom. The molecule has 32 heavy (non-hydrogen) atoms. The van der Waals surface area contributed by atoms with Gasteiger partial charge in [-0.05, 0) is 74.2 Å². The lowest BCUT2D eigenvalue weighted by molar-refractivity contribution is -0.116. The van der Waals surface area contributed by atoms with Crippen molar-refractivity contribution in [2.75, 3.05) is 11.9 Å². The van der Waals surface area contributed by atoms with E-state index in [1.807, 2.05) is 44.2 Å². The SMILES string of the molecule is Cc1cccc(NC(=O)CN(Cc2ccc(Cl)cc2)S(=O)(=O)c2c(C)cc(C)cc2C)c1. The van der Waals surface area contributed by atoms with E-state index in [9.17, 15) is 13.2 Å². The van der Waals surface area contributed by atoms with Gasteiger partial charge in [0.1, 0.15) is 0 Å². The standard InChI is InChI=1S/C25H27ClN2O3S/c1-17-6-5-7-23(14-17)27-24(29)16-28(15-21-8-10-22(26)11-9-21)32(30,31)25-19(3)12-18(2)13-20(25)4/h5-14H,15-16H2,1-4H3,(H,27,29). The van der Waals surface area contributed by atoms with Crippen molar-refractivity contribution in [2.24, 2.45) is 0 Å². The normalized spacial score (nSPS) is 11.6. The van der Waals surface area contributed by atoms with Gasteiger partial charge in [0.25, 0.3) is 0 Å². The van der Waals surface area contributed by atoms with Crippen molar-refractivity contribution in [3.8, 4) is 0 Å². The second-order valence-corrected chi connectivity index (χ2v) is 10.4. The van der Waals surface area contributed by atoms with Crippen LogP contribution in [0.3, 0.4) is 0 Å². The summed E-state index contributed by atoms with van der Waals surface area (Å²) in [6, 6.07) is 18.0. The molecule has 0 saturated heterocycles. The Morgan fingerprint density at radius 1 is 0.906 bits per heavy atom. The predicted molar refractivity (Wildman–Crippen MR) is 130 cm³/mol. The topological polar surface area (TPSA) is 66.5 Å². The first kappa shape index (κ1) is 24.0. The number of carbonyl (C=O) groups excluding carboxylic acids is 1. The van der Waals surface area contributed by atoms with Gasteiger partial charge in [0.2, 0.25) is 15.9 Å². The van der Waals surface area contributed by atoms with Gasteiger partial charge in [-0.2, -0.15) is 4.31 Å². The van der Waals surface area contributed by atoms with Gasteiger partial charge in [-0.3, -0.25) is 4.79 Å². The highest BCUT2D eigenvalue weighted by Gasteiger charge is 2.30. The molecule has 1 N–H and O–H groups in total. The maximum atomic E-state index is 13.7. The monoisotopic (exact) mass is 470 g/mol. The van der Waals surface area contributed by atoms with E-state index in [0.717, 1.165) is 16.7 Å². The molecular formula is C25H27ClN2O3S. The first-order valence-electron chi connectivity index (χ1n) is 10.3. The first-order chi connectivity index (χ1) is 15.1. The van der Waals surface area contributed by atoms with Crippen LogP contribution in [0.1, 0.15) is 27.8 Å². The van der Waals surface area contributed by atoms with E-state index in [-0.39, 0.29) is 18.0 Å². The second-order valence-electron chi connectivity index (χ2n) is 8.05. The Labute approximate surface area is 195 Å². The van der Waals surface area contributed by atoms with E-state index in [0.29, 0.717) is 21.8 Å². The first-order valence-corrected chi connectivity index (χ1v) is 12.1. The highest BCUT2D eigenvalue weighted by atomic mass is 35.5. The fourth-order valence-corrected chi connectivity index (χ4v) is 5.73. The van der Waals surface area contributed by atoms with Crippen molar-refractivity contribution in [1.29, 1.82) is 0 Å². The third-order valence-corrected chi connectivity index (χ3v) is 7.45. The molecule has 7 heteroatoms. The van der Waals surface area contributed by atoms with Crippen LogP contribution in [0.5, 0.6) is 0 Å². The van der Waals surface area contributed by atoms with Crippen LogP contribution in [-0.4, -0.2) is 25.2 Å².